The van der Waals surface area contributed by atoms with Crippen molar-refractivity contribution in [1.29, 1.82) is 0 Å². The van der Waals surface area contributed by atoms with Gasteiger partial charge in [0.15, 0.2) is 0 Å². The van der Waals surface area contributed by atoms with Gasteiger partial charge in [-0.05, 0) is 36.5 Å². The average Bonchev–Trinajstić information content (AvgIpc) is 3.05. The summed E-state index contributed by atoms with van der Waals surface area (Å²) >= 11 is 0. The predicted octanol–water partition coefficient (Wildman–Crippen LogP) is 2.95. The highest BCUT2D eigenvalue weighted by atomic mass is 16.6. The van der Waals surface area contributed by atoms with E-state index in [9.17, 15) is 9.59 Å². The number of amides is 2. The number of pyridine rings is 1. The molecule has 27 heavy (non-hydrogen) atoms. The van der Waals surface area contributed by atoms with Gasteiger partial charge in [-0.25, -0.2) is 4.79 Å². The van der Waals surface area contributed by atoms with E-state index in [0.29, 0.717) is 25.2 Å². The molecule has 3 aliphatic rings. The van der Waals surface area contributed by atoms with Gasteiger partial charge in [-0.3, -0.25) is 9.78 Å². The summed E-state index contributed by atoms with van der Waals surface area (Å²) < 4.78 is 5.53. The average molecular weight is 365 g/mol. The molecular formula is C21H23N3O3. The fraction of sp³-hybridized carbons (Fsp3) is 0.381. The Hall–Kier alpha value is -2.89. The summed E-state index contributed by atoms with van der Waals surface area (Å²) in [5, 5.41) is 0. The molecule has 0 N–H and O–H groups in total. The maximum Gasteiger partial charge on any atom is 0.410 e. The highest BCUT2D eigenvalue weighted by Crippen LogP contribution is 2.29. The Labute approximate surface area is 158 Å². The zero-order valence-electron chi connectivity index (χ0n) is 15.2. The smallest absolute Gasteiger partial charge is 0.410 e. The summed E-state index contributed by atoms with van der Waals surface area (Å²) in [5.41, 5.74) is 1.57. The van der Waals surface area contributed by atoms with Crippen LogP contribution >= 0.6 is 0 Å². The number of aromatic nitrogens is 1. The number of benzene rings is 1. The second-order valence-corrected chi connectivity index (χ2v) is 7.24. The van der Waals surface area contributed by atoms with Crippen LogP contribution in [-0.4, -0.2) is 52.5 Å². The molecule has 2 atom stereocenters. The maximum atomic E-state index is 12.8. The summed E-state index contributed by atoms with van der Waals surface area (Å²) in [5.74, 6) is 0.271. The van der Waals surface area contributed by atoms with Crippen molar-refractivity contribution in [3.05, 3.63) is 66.0 Å². The Balaban J connectivity index is 1.42. The van der Waals surface area contributed by atoms with Crippen molar-refractivity contribution in [3.8, 4) is 0 Å². The number of piperidine rings is 1. The lowest BCUT2D eigenvalue weighted by Crippen LogP contribution is -2.47. The van der Waals surface area contributed by atoms with Gasteiger partial charge in [-0.15, -0.1) is 0 Å². The number of hydrogen-bond donors (Lipinski definition) is 0. The maximum absolute atomic E-state index is 12.8. The molecule has 2 bridgehead atoms. The second-order valence-electron chi connectivity index (χ2n) is 7.24. The topological polar surface area (TPSA) is 62.7 Å². The highest BCUT2D eigenvalue weighted by molar-refractivity contribution is 5.94. The van der Waals surface area contributed by atoms with Crippen LogP contribution in [0.5, 0.6) is 0 Å². The third-order valence-electron chi connectivity index (χ3n) is 5.35. The molecule has 1 aromatic carbocycles. The number of carbonyl (C=O) groups excluding carboxylic acids is 2. The Morgan fingerprint density at radius 2 is 1.89 bits per heavy atom. The molecular weight excluding hydrogens is 342 g/mol. The third-order valence-corrected chi connectivity index (χ3v) is 5.35. The Morgan fingerprint density at radius 1 is 1.04 bits per heavy atom. The fourth-order valence-corrected chi connectivity index (χ4v) is 3.95. The van der Waals surface area contributed by atoms with E-state index in [2.05, 4.69) is 4.98 Å². The first-order valence-electron chi connectivity index (χ1n) is 9.37. The lowest BCUT2D eigenvalue weighted by Gasteiger charge is -2.35. The van der Waals surface area contributed by atoms with E-state index in [1.165, 1.54) is 0 Å². The van der Waals surface area contributed by atoms with Gasteiger partial charge < -0.3 is 14.5 Å². The van der Waals surface area contributed by atoms with Crippen LogP contribution < -0.4 is 0 Å². The molecule has 0 radical (unpaired) electrons. The van der Waals surface area contributed by atoms with E-state index in [1.54, 1.807) is 24.5 Å². The van der Waals surface area contributed by atoms with Crippen molar-refractivity contribution in [3.63, 3.8) is 0 Å². The van der Waals surface area contributed by atoms with Gasteiger partial charge in [0.2, 0.25) is 0 Å². The van der Waals surface area contributed by atoms with Crippen molar-refractivity contribution in [2.24, 2.45) is 5.92 Å². The minimum absolute atomic E-state index is 0.00708. The van der Waals surface area contributed by atoms with E-state index in [4.69, 9.17) is 4.74 Å². The summed E-state index contributed by atoms with van der Waals surface area (Å²) in [4.78, 5) is 33.2. The molecule has 2 amide bonds. The zero-order valence-corrected chi connectivity index (χ0v) is 15.2. The third kappa shape index (κ3) is 3.94. The number of nitrogens with zero attached hydrogens (tertiary/aromatic N) is 3. The molecule has 3 saturated heterocycles. The van der Waals surface area contributed by atoms with Gasteiger partial charge in [0.25, 0.3) is 5.91 Å². The van der Waals surface area contributed by atoms with Gasteiger partial charge >= 0.3 is 6.09 Å². The SMILES string of the molecule is O=C(c1cccnc1)N1C[C@@H]2CC[C@H](C1)N(C(=O)OCc1ccccc1)C2. The van der Waals surface area contributed by atoms with Gasteiger partial charge in [-0.2, -0.15) is 0 Å². The summed E-state index contributed by atoms with van der Waals surface area (Å²) in [6, 6.07) is 13.2. The minimum Gasteiger partial charge on any atom is -0.445 e. The first-order chi connectivity index (χ1) is 13.2. The molecule has 1 aromatic heterocycles. The molecule has 5 rings (SSSR count). The summed E-state index contributed by atoms with van der Waals surface area (Å²) in [6.07, 6.45) is 4.91. The van der Waals surface area contributed by atoms with Crippen LogP contribution in [0.4, 0.5) is 4.79 Å². The molecule has 4 heterocycles. The van der Waals surface area contributed by atoms with E-state index < -0.39 is 0 Å². The van der Waals surface area contributed by atoms with Crippen LogP contribution in [0, 0.1) is 5.92 Å². The number of carbonyl (C=O) groups is 2. The Kier molecular flexibility index (Phi) is 5.05. The normalized spacial score (nSPS) is 21.6. The Bertz CT molecular complexity index is 797. The minimum atomic E-state index is -0.288. The zero-order chi connectivity index (χ0) is 18.6. The van der Waals surface area contributed by atoms with Crippen LogP contribution in [0.25, 0.3) is 0 Å². The standard InChI is InChI=1S/C21H23N3O3/c25-20(18-7-4-10-22-11-18)23-12-17-8-9-19(14-23)24(13-17)21(26)27-15-16-5-2-1-3-6-16/h1-7,10-11,17,19H,8-9,12-15H2/t17-,19+/m0/s1. The molecule has 6 nitrogen and oxygen atoms in total. The molecule has 6 heteroatoms. The number of ether oxygens (including phenoxy) is 1. The van der Waals surface area contributed by atoms with Crippen molar-refractivity contribution in [2.75, 3.05) is 19.6 Å². The van der Waals surface area contributed by atoms with Crippen LogP contribution in [0.3, 0.4) is 0 Å². The monoisotopic (exact) mass is 365 g/mol. The van der Waals surface area contributed by atoms with Gasteiger partial charge in [0, 0.05) is 32.0 Å². The number of rotatable bonds is 3. The van der Waals surface area contributed by atoms with Crippen LogP contribution in [-0.2, 0) is 11.3 Å². The molecule has 0 aliphatic carbocycles. The lowest BCUT2D eigenvalue weighted by atomic mass is 9.95. The predicted molar refractivity (Wildman–Crippen MR) is 100.0 cm³/mol. The van der Waals surface area contributed by atoms with Crippen molar-refractivity contribution < 1.29 is 14.3 Å². The molecule has 0 spiro atoms. The van der Waals surface area contributed by atoms with Crippen molar-refractivity contribution in [1.82, 2.24) is 14.8 Å². The van der Waals surface area contributed by atoms with Crippen LogP contribution in [0.2, 0.25) is 0 Å². The van der Waals surface area contributed by atoms with E-state index in [1.807, 2.05) is 40.1 Å². The first kappa shape index (κ1) is 17.5. The van der Waals surface area contributed by atoms with Gasteiger partial charge in [0.1, 0.15) is 6.61 Å². The van der Waals surface area contributed by atoms with Crippen molar-refractivity contribution in [2.45, 2.75) is 25.5 Å². The molecule has 0 unspecified atom stereocenters. The molecule has 0 saturated carbocycles. The summed E-state index contributed by atoms with van der Waals surface area (Å²) in [7, 11) is 0. The fourth-order valence-electron chi connectivity index (χ4n) is 3.95. The number of hydrogen-bond acceptors (Lipinski definition) is 4. The van der Waals surface area contributed by atoms with E-state index in [-0.39, 0.29) is 30.6 Å². The molecule has 3 aliphatic heterocycles. The largest absolute Gasteiger partial charge is 0.445 e. The van der Waals surface area contributed by atoms with E-state index >= 15 is 0 Å². The second kappa shape index (κ2) is 7.78. The number of fused-ring (bicyclic) bond motifs is 4. The van der Waals surface area contributed by atoms with Crippen LogP contribution in [0.15, 0.2) is 54.9 Å². The quantitative estimate of drug-likeness (QED) is 0.839. The summed E-state index contributed by atoms with van der Waals surface area (Å²) in [6.45, 7) is 2.14. The van der Waals surface area contributed by atoms with Gasteiger partial charge in [0.05, 0.1) is 11.6 Å². The highest BCUT2D eigenvalue weighted by Gasteiger charge is 2.39. The molecule has 3 fully saturated rings. The molecule has 140 valence electrons. The van der Waals surface area contributed by atoms with Crippen LogP contribution in [0.1, 0.15) is 28.8 Å². The lowest BCUT2D eigenvalue weighted by molar-refractivity contribution is 0.0610. The van der Waals surface area contributed by atoms with E-state index in [0.717, 1.165) is 18.4 Å². The van der Waals surface area contributed by atoms with Crippen molar-refractivity contribution >= 4 is 12.0 Å². The Morgan fingerprint density at radius 3 is 2.67 bits per heavy atom. The molecule has 2 aromatic rings. The first-order valence-corrected chi connectivity index (χ1v) is 9.37. The van der Waals surface area contributed by atoms with Gasteiger partial charge in [-0.1, -0.05) is 30.3 Å².